The molecule has 0 aliphatic carbocycles. The summed E-state index contributed by atoms with van der Waals surface area (Å²) in [6, 6.07) is 12.2. The molecule has 0 aliphatic rings. The number of para-hydroxylation sites is 1. The predicted molar refractivity (Wildman–Crippen MR) is 79.7 cm³/mol. The summed E-state index contributed by atoms with van der Waals surface area (Å²) >= 11 is 0. The van der Waals surface area contributed by atoms with Gasteiger partial charge in [0.05, 0.1) is 0 Å². The number of anilines is 1. The third-order valence-electron chi connectivity index (χ3n) is 3.34. The van der Waals surface area contributed by atoms with Crippen LogP contribution in [0.5, 0.6) is 0 Å². The molecule has 0 saturated carbocycles. The van der Waals surface area contributed by atoms with Crippen LogP contribution in [0.25, 0.3) is 0 Å². The van der Waals surface area contributed by atoms with Gasteiger partial charge in [-0.3, -0.25) is 9.88 Å². The summed E-state index contributed by atoms with van der Waals surface area (Å²) < 4.78 is 0. The van der Waals surface area contributed by atoms with E-state index in [9.17, 15) is 0 Å². The van der Waals surface area contributed by atoms with Crippen LogP contribution in [0.1, 0.15) is 18.1 Å². The molecule has 2 aromatic rings. The van der Waals surface area contributed by atoms with E-state index in [1.165, 1.54) is 11.1 Å². The van der Waals surface area contributed by atoms with Crippen molar-refractivity contribution in [2.75, 3.05) is 18.8 Å². The van der Waals surface area contributed by atoms with Crippen molar-refractivity contribution < 1.29 is 0 Å². The lowest BCUT2D eigenvalue weighted by molar-refractivity contribution is 0.284. The van der Waals surface area contributed by atoms with E-state index in [2.05, 4.69) is 28.9 Å². The molecule has 0 fully saturated rings. The molecule has 1 aromatic carbocycles. The Labute approximate surface area is 115 Å². The molecule has 0 spiro atoms. The monoisotopic (exact) mass is 255 g/mol. The minimum absolute atomic E-state index is 0.877. The smallest absolute Gasteiger partial charge is 0.0359 e. The third kappa shape index (κ3) is 4.07. The first-order valence-corrected chi connectivity index (χ1v) is 6.74. The average molecular weight is 255 g/mol. The molecule has 3 heteroatoms. The molecule has 0 unspecified atom stereocenters. The Bertz CT molecular complexity index is 496. The molecule has 1 aromatic heterocycles. The van der Waals surface area contributed by atoms with E-state index in [0.29, 0.717) is 0 Å². The Morgan fingerprint density at radius 3 is 2.68 bits per heavy atom. The Balaban J connectivity index is 1.92. The molecule has 19 heavy (non-hydrogen) atoms. The van der Waals surface area contributed by atoms with Gasteiger partial charge in [-0.05, 0) is 36.2 Å². The lowest BCUT2D eigenvalue weighted by atomic mass is 10.1. The molecule has 0 radical (unpaired) electrons. The van der Waals surface area contributed by atoms with Crippen LogP contribution in [0.3, 0.4) is 0 Å². The van der Waals surface area contributed by atoms with Gasteiger partial charge in [-0.15, -0.1) is 0 Å². The van der Waals surface area contributed by atoms with Gasteiger partial charge >= 0.3 is 0 Å². The predicted octanol–water partition coefficient (Wildman–Crippen LogP) is 2.73. The average Bonchev–Trinajstić information content (AvgIpc) is 2.46. The largest absolute Gasteiger partial charge is 0.398 e. The molecule has 0 aliphatic heterocycles. The van der Waals surface area contributed by atoms with Crippen LogP contribution < -0.4 is 5.73 Å². The summed E-state index contributed by atoms with van der Waals surface area (Å²) in [5.41, 5.74) is 9.36. The number of nitrogens with two attached hydrogens (primary N) is 1. The van der Waals surface area contributed by atoms with E-state index in [1.807, 2.05) is 36.7 Å². The first-order chi connectivity index (χ1) is 9.29. The minimum atomic E-state index is 0.877. The molecule has 0 bridgehead atoms. The highest BCUT2D eigenvalue weighted by molar-refractivity contribution is 5.46. The van der Waals surface area contributed by atoms with Gasteiger partial charge in [-0.1, -0.05) is 31.2 Å². The van der Waals surface area contributed by atoms with Gasteiger partial charge < -0.3 is 5.73 Å². The molecule has 2 N–H and O–H groups in total. The van der Waals surface area contributed by atoms with E-state index in [0.717, 1.165) is 31.7 Å². The number of pyridine rings is 1. The number of nitrogen functional groups attached to an aromatic ring is 1. The first kappa shape index (κ1) is 13.6. The van der Waals surface area contributed by atoms with Crippen molar-refractivity contribution in [1.82, 2.24) is 9.88 Å². The second-order valence-corrected chi connectivity index (χ2v) is 4.68. The van der Waals surface area contributed by atoms with Crippen molar-refractivity contribution in [1.29, 1.82) is 0 Å². The first-order valence-electron chi connectivity index (χ1n) is 6.74. The van der Waals surface area contributed by atoms with E-state index >= 15 is 0 Å². The number of aromatic nitrogens is 1. The van der Waals surface area contributed by atoms with E-state index in [-0.39, 0.29) is 0 Å². The van der Waals surface area contributed by atoms with Crippen LogP contribution in [0.15, 0.2) is 48.8 Å². The highest BCUT2D eigenvalue weighted by atomic mass is 15.1. The van der Waals surface area contributed by atoms with Crippen LogP contribution in [-0.2, 0) is 13.0 Å². The van der Waals surface area contributed by atoms with E-state index < -0.39 is 0 Å². The summed E-state index contributed by atoms with van der Waals surface area (Å²) in [7, 11) is 0. The Kier molecular flexibility index (Phi) is 4.93. The lowest BCUT2D eigenvalue weighted by Crippen LogP contribution is -2.25. The van der Waals surface area contributed by atoms with Gasteiger partial charge in [0.25, 0.3) is 0 Å². The van der Waals surface area contributed by atoms with Crippen LogP contribution in [0.4, 0.5) is 5.69 Å². The molecule has 0 atom stereocenters. The number of hydrogen-bond donors (Lipinski definition) is 1. The number of nitrogens with zero attached hydrogens (tertiary/aromatic N) is 2. The number of benzene rings is 1. The standard InChI is InChI=1S/C16H21N3/c1-2-19(11-9-14-6-5-10-18-12-14)13-15-7-3-4-8-16(15)17/h3-8,10,12H,2,9,11,13,17H2,1H3. The van der Waals surface area contributed by atoms with Crippen LogP contribution in [0, 0.1) is 0 Å². The Hall–Kier alpha value is -1.87. The van der Waals surface area contributed by atoms with E-state index in [1.54, 1.807) is 0 Å². The molecular weight excluding hydrogens is 234 g/mol. The zero-order valence-electron chi connectivity index (χ0n) is 11.4. The highest BCUT2D eigenvalue weighted by Gasteiger charge is 2.06. The minimum Gasteiger partial charge on any atom is -0.398 e. The quantitative estimate of drug-likeness (QED) is 0.807. The van der Waals surface area contributed by atoms with Gasteiger partial charge in [0.1, 0.15) is 0 Å². The zero-order chi connectivity index (χ0) is 13.5. The van der Waals surface area contributed by atoms with Gasteiger partial charge in [-0.25, -0.2) is 0 Å². The summed E-state index contributed by atoms with van der Waals surface area (Å²) in [6.07, 6.45) is 4.77. The van der Waals surface area contributed by atoms with Crippen molar-refractivity contribution in [3.8, 4) is 0 Å². The van der Waals surface area contributed by atoms with Crippen molar-refractivity contribution >= 4 is 5.69 Å². The molecule has 0 saturated heterocycles. The van der Waals surface area contributed by atoms with Crippen molar-refractivity contribution in [2.45, 2.75) is 19.9 Å². The van der Waals surface area contributed by atoms with Gasteiger partial charge in [-0.2, -0.15) is 0 Å². The van der Waals surface area contributed by atoms with Crippen LogP contribution in [-0.4, -0.2) is 23.0 Å². The third-order valence-corrected chi connectivity index (χ3v) is 3.34. The molecule has 100 valence electrons. The topological polar surface area (TPSA) is 42.2 Å². The van der Waals surface area contributed by atoms with Gasteiger partial charge in [0, 0.05) is 31.2 Å². The second kappa shape index (κ2) is 6.90. The number of hydrogen-bond acceptors (Lipinski definition) is 3. The Morgan fingerprint density at radius 2 is 2.00 bits per heavy atom. The fourth-order valence-electron chi connectivity index (χ4n) is 2.10. The fourth-order valence-corrected chi connectivity index (χ4v) is 2.10. The Morgan fingerprint density at radius 1 is 1.16 bits per heavy atom. The van der Waals surface area contributed by atoms with Crippen molar-refractivity contribution in [2.24, 2.45) is 0 Å². The highest BCUT2D eigenvalue weighted by Crippen LogP contribution is 2.13. The van der Waals surface area contributed by atoms with Gasteiger partial charge in [0.2, 0.25) is 0 Å². The molecule has 1 heterocycles. The molecule has 0 amide bonds. The molecule has 2 rings (SSSR count). The van der Waals surface area contributed by atoms with Crippen LogP contribution >= 0.6 is 0 Å². The van der Waals surface area contributed by atoms with Gasteiger partial charge in [0.15, 0.2) is 0 Å². The maximum Gasteiger partial charge on any atom is 0.0359 e. The SMILES string of the molecule is CCN(CCc1cccnc1)Cc1ccccc1N. The summed E-state index contributed by atoms with van der Waals surface area (Å²) in [4.78, 5) is 6.55. The van der Waals surface area contributed by atoms with E-state index in [4.69, 9.17) is 5.73 Å². The summed E-state index contributed by atoms with van der Waals surface area (Å²) in [5, 5.41) is 0. The van der Waals surface area contributed by atoms with Crippen molar-refractivity contribution in [3.63, 3.8) is 0 Å². The lowest BCUT2D eigenvalue weighted by Gasteiger charge is -2.21. The summed E-state index contributed by atoms with van der Waals surface area (Å²) in [6.45, 7) is 5.14. The molecular formula is C16H21N3. The number of likely N-dealkylation sites (N-methyl/N-ethyl adjacent to an activating group) is 1. The van der Waals surface area contributed by atoms with Crippen LogP contribution in [0.2, 0.25) is 0 Å². The second-order valence-electron chi connectivity index (χ2n) is 4.68. The maximum atomic E-state index is 5.99. The number of rotatable bonds is 6. The molecule has 3 nitrogen and oxygen atoms in total. The maximum absolute atomic E-state index is 5.99. The fraction of sp³-hybridized carbons (Fsp3) is 0.312. The normalized spacial score (nSPS) is 10.8. The van der Waals surface area contributed by atoms with Crippen molar-refractivity contribution in [3.05, 3.63) is 59.9 Å². The zero-order valence-corrected chi connectivity index (χ0v) is 11.4. The summed E-state index contributed by atoms with van der Waals surface area (Å²) in [5.74, 6) is 0.